The fraction of sp³-hybridized carbons (Fsp3) is 0. The molecule has 0 saturated carbocycles. The van der Waals surface area contributed by atoms with Crippen molar-refractivity contribution in [3.8, 4) is 77.9 Å². The molecule has 0 atom stereocenters. The molecule has 0 fully saturated rings. The van der Waals surface area contributed by atoms with Crippen LogP contribution in [0.4, 0.5) is 0 Å². The Morgan fingerprint density at radius 2 is 0.602 bits per heavy atom. The molecule has 4 heterocycles. The van der Waals surface area contributed by atoms with Crippen LogP contribution in [0, 0.1) is 0 Å². The lowest BCUT2D eigenvalue weighted by molar-refractivity contribution is 0.673. The van der Waals surface area contributed by atoms with Gasteiger partial charge >= 0.3 is 0 Å². The molecular formula is C104H58O2S2. The Labute approximate surface area is 627 Å². The monoisotopic (exact) mass is 1400 g/mol. The van der Waals surface area contributed by atoms with Crippen LogP contribution in [0.25, 0.3) is 248 Å². The lowest BCUT2D eigenvalue weighted by Gasteiger charge is -2.19. The molecule has 0 N–H and O–H groups in total. The van der Waals surface area contributed by atoms with E-state index in [1.807, 2.05) is 22.7 Å². The third kappa shape index (κ3) is 8.64. The summed E-state index contributed by atoms with van der Waals surface area (Å²) >= 11 is 3.72. The number of thiophene rings is 2. The zero-order chi connectivity index (χ0) is 70.4. The molecule has 24 aromatic rings. The summed E-state index contributed by atoms with van der Waals surface area (Å²) in [6.07, 6.45) is 0. The van der Waals surface area contributed by atoms with Gasteiger partial charge in [-0.1, -0.05) is 297 Å². The van der Waals surface area contributed by atoms with E-state index < -0.39 is 0 Å². The summed E-state index contributed by atoms with van der Waals surface area (Å²) in [4.78, 5) is 0. The average Bonchev–Trinajstić information content (AvgIpc) is 1.52. The second-order valence-corrected chi connectivity index (χ2v) is 31.1. The van der Waals surface area contributed by atoms with Crippen molar-refractivity contribution in [3.05, 3.63) is 352 Å². The van der Waals surface area contributed by atoms with Gasteiger partial charge in [0.15, 0.2) is 5.58 Å². The molecule has 0 radical (unpaired) electrons. The van der Waals surface area contributed by atoms with Crippen molar-refractivity contribution in [2.24, 2.45) is 0 Å². The largest absolute Gasteiger partial charge is 0.455 e. The highest BCUT2D eigenvalue weighted by Crippen LogP contribution is 2.54. The maximum Gasteiger partial charge on any atom is 0.153 e. The molecule has 24 rings (SSSR count). The second-order valence-electron chi connectivity index (χ2n) is 29.0. The van der Waals surface area contributed by atoms with Gasteiger partial charge in [0.05, 0.1) is 4.70 Å². The van der Waals surface area contributed by atoms with Gasteiger partial charge < -0.3 is 8.83 Å². The van der Waals surface area contributed by atoms with Gasteiger partial charge in [0.1, 0.15) is 16.7 Å². The van der Waals surface area contributed by atoms with E-state index in [4.69, 9.17) is 8.83 Å². The first-order chi connectivity index (χ1) is 53.6. The van der Waals surface area contributed by atoms with Gasteiger partial charge in [-0.05, 0) is 208 Å². The Morgan fingerprint density at radius 3 is 1.24 bits per heavy atom. The van der Waals surface area contributed by atoms with Crippen LogP contribution in [0.1, 0.15) is 0 Å². The zero-order valence-corrected chi connectivity index (χ0v) is 59.8. The summed E-state index contributed by atoms with van der Waals surface area (Å²) in [5.41, 5.74) is 20.4. The molecule has 4 heteroatoms. The number of hydrogen-bond donors (Lipinski definition) is 0. The first kappa shape index (κ1) is 59.9. The fourth-order valence-electron chi connectivity index (χ4n) is 18.8. The molecule has 0 saturated heterocycles. The van der Waals surface area contributed by atoms with Crippen molar-refractivity contribution in [1.82, 2.24) is 0 Å². The van der Waals surface area contributed by atoms with E-state index in [1.165, 1.54) is 183 Å². The predicted octanol–water partition coefficient (Wildman–Crippen LogP) is 31.1. The van der Waals surface area contributed by atoms with Gasteiger partial charge in [0, 0.05) is 68.1 Å². The SMILES string of the molecule is c1cc(-c2cc(-c3ccc4c(-c5c6ccccc6c(-c6cccc(-c7ccc8oc9c(c8c7)c7ccccc7c7sc8ccccc8c97)c6)c6ccccc56)cccc4c3)c3sc4c5oc6ccccc6c5c5ccccc5c4c3c2)cc(-c2c3ccccc3c(-c3cccc4ccccc34)c3ccccc23)c1. The molecule has 0 spiro atoms. The number of para-hydroxylation sites is 1. The van der Waals surface area contributed by atoms with Crippen molar-refractivity contribution >= 4 is 193 Å². The first-order valence-electron chi connectivity index (χ1n) is 37.1. The van der Waals surface area contributed by atoms with Crippen LogP contribution >= 0.6 is 22.7 Å². The van der Waals surface area contributed by atoms with Crippen LogP contribution in [0.3, 0.4) is 0 Å². The van der Waals surface area contributed by atoms with Crippen molar-refractivity contribution < 1.29 is 8.83 Å². The van der Waals surface area contributed by atoms with E-state index in [2.05, 4.69) is 352 Å². The summed E-state index contributed by atoms with van der Waals surface area (Å²) in [5, 5.41) is 29.1. The Hall–Kier alpha value is -13.5. The van der Waals surface area contributed by atoms with Gasteiger partial charge in [-0.15, -0.1) is 22.7 Å². The Bertz CT molecular complexity index is 7960. The van der Waals surface area contributed by atoms with Crippen molar-refractivity contribution in [2.45, 2.75) is 0 Å². The number of hydrogen-bond acceptors (Lipinski definition) is 4. The van der Waals surface area contributed by atoms with Gasteiger partial charge in [-0.3, -0.25) is 0 Å². The van der Waals surface area contributed by atoms with Crippen LogP contribution in [0.2, 0.25) is 0 Å². The molecular weight excluding hydrogens is 1350 g/mol. The van der Waals surface area contributed by atoms with Crippen LogP contribution < -0.4 is 0 Å². The highest BCUT2D eigenvalue weighted by molar-refractivity contribution is 7.27. The molecule has 4 aromatic heterocycles. The standard InChI is InChI=1S/C104H58O2S2/c1-2-30-68-59(23-1)24-21-45-70(68)94-76-35-7-3-31-72(76)93(73-32-4-8-36-77(73)94)66-29-20-26-61(54-66)67-57-86(102-88(58-67)98-81-40-12-11-39-80(81)96-84-43-15-17-47-89(84)106-101(96)104(98)108-102)64-49-51-69-63(55-64)27-22-46-71(69)95-78-37-9-5-33-74(78)92(75-34-6-10-38-79(75)95)65-28-19-25-60(53-65)62-50-52-90-87(56-62)97-82-41-13-14-42-83(82)103-99(100(97)105-90)85-44-16-18-48-91(85)107-103/h1-58H. The molecule has 108 heavy (non-hydrogen) atoms. The number of furan rings is 2. The van der Waals surface area contributed by atoms with E-state index in [9.17, 15) is 0 Å². The maximum absolute atomic E-state index is 7.04. The lowest BCUT2D eigenvalue weighted by atomic mass is 9.84. The van der Waals surface area contributed by atoms with Crippen molar-refractivity contribution in [2.75, 3.05) is 0 Å². The van der Waals surface area contributed by atoms with E-state index >= 15 is 0 Å². The third-order valence-electron chi connectivity index (χ3n) is 23.4. The van der Waals surface area contributed by atoms with E-state index in [-0.39, 0.29) is 0 Å². The normalized spacial score (nSPS) is 12.3. The molecule has 20 aromatic carbocycles. The fourth-order valence-corrected chi connectivity index (χ4v) is 21.3. The Morgan fingerprint density at radius 1 is 0.176 bits per heavy atom. The molecule has 0 aliphatic carbocycles. The summed E-state index contributed by atoms with van der Waals surface area (Å²) in [6.45, 7) is 0. The van der Waals surface area contributed by atoms with Crippen molar-refractivity contribution in [1.29, 1.82) is 0 Å². The summed E-state index contributed by atoms with van der Waals surface area (Å²) in [5.74, 6) is 0. The van der Waals surface area contributed by atoms with Gasteiger partial charge in [0.2, 0.25) is 0 Å². The maximum atomic E-state index is 7.04. The molecule has 0 bridgehead atoms. The quantitative estimate of drug-likeness (QED) is 0.149. The number of benzene rings is 20. The molecule has 2 nitrogen and oxygen atoms in total. The van der Waals surface area contributed by atoms with Crippen LogP contribution in [-0.4, -0.2) is 0 Å². The lowest BCUT2D eigenvalue weighted by Crippen LogP contribution is -1.92. The molecule has 498 valence electrons. The third-order valence-corrected chi connectivity index (χ3v) is 25.8. The van der Waals surface area contributed by atoms with Gasteiger partial charge in [-0.2, -0.15) is 0 Å². The zero-order valence-electron chi connectivity index (χ0n) is 58.1. The first-order valence-corrected chi connectivity index (χ1v) is 38.7. The van der Waals surface area contributed by atoms with E-state index in [0.29, 0.717) is 0 Å². The number of fused-ring (bicyclic) bond motifs is 26. The predicted molar refractivity (Wildman–Crippen MR) is 465 cm³/mol. The van der Waals surface area contributed by atoms with Crippen LogP contribution in [-0.2, 0) is 0 Å². The van der Waals surface area contributed by atoms with Gasteiger partial charge in [-0.25, -0.2) is 0 Å². The van der Waals surface area contributed by atoms with Crippen LogP contribution in [0.5, 0.6) is 0 Å². The molecule has 0 aliphatic rings. The summed E-state index contributed by atoms with van der Waals surface area (Å²) in [7, 11) is 0. The Kier molecular flexibility index (Phi) is 12.8. The Balaban J connectivity index is 0.678. The summed E-state index contributed by atoms with van der Waals surface area (Å²) in [6, 6.07) is 131. The molecule has 0 unspecified atom stereocenters. The van der Waals surface area contributed by atoms with E-state index in [1.54, 1.807) is 0 Å². The highest BCUT2D eigenvalue weighted by atomic mass is 32.1. The summed E-state index contributed by atoms with van der Waals surface area (Å²) < 4.78 is 18.9. The molecule has 0 amide bonds. The average molecular weight is 1400 g/mol. The van der Waals surface area contributed by atoms with Crippen LogP contribution in [0.15, 0.2) is 361 Å². The second kappa shape index (κ2) is 23.0. The van der Waals surface area contributed by atoms with E-state index in [0.717, 1.165) is 65.6 Å². The highest BCUT2D eigenvalue weighted by Gasteiger charge is 2.27. The topological polar surface area (TPSA) is 26.3 Å². The minimum atomic E-state index is 0.897. The molecule has 0 aliphatic heterocycles. The van der Waals surface area contributed by atoms with Crippen molar-refractivity contribution in [3.63, 3.8) is 0 Å². The number of rotatable bonds is 7. The minimum Gasteiger partial charge on any atom is -0.455 e. The van der Waals surface area contributed by atoms with Gasteiger partial charge in [0.25, 0.3) is 0 Å². The minimum absolute atomic E-state index is 0.897. The smallest absolute Gasteiger partial charge is 0.153 e.